The summed E-state index contributed by atoms with van der Waals surface area (Å²) in [5, 5.41) is 4.58. The van der Waals surface area contributed by atoms with Gasteiger partial charge in [-0.15, -0.1) is 0 Å². The molecule has 0 aromatic heterocycles. The van der Waals surface area contributed by atoms with Crippen LogP contribution in [0.2, 0.25) is 10.0 Å². The molecule has 3 rings (SSSR count). The first kappa shape index (κ1) is 21.0. The van der Waals surface area contributed by atoms with Gasteiger partial charge in [0.2, 0.25) is 0 Å². The number of nitrogens with one attached hydrogen (secondary N) is 1. The van der Waals surface area contributed by atoms with Gasteiger partial charge in [0.1, 0.15) is 5.75 Å². The van der Waals surface area contributed by atoms with Gasteiger partial charge in [0.05, 0.1) is 22.4 Å². The molecule has 3 aromatic rings. The Bertz CT molecular complexity index is 1070. The molecule has 0 aliphatic heterocycles. The number of benzene rings is 3. The fourth-order valence-corrected chi connectivity index (χ4v) is 3.03. The minimum atomic E-state index is -0.456. The molecule has 0 unspecified atom stereocenters. The number of amides is 1. The van der Waals surface area contributed by atoms with Gasteiger partial charge >= 0.3 is 5.97 Å². The Morgan fingerprint density at radius 1 is 0.966 bits per heavy atom. The number of rotatable bonds is 5. The van der Waals surface area contributed by atoms with Crippen LogP contribution in [0.1, 0.15) is 26.3 Å². The number of carbonyl (C=O) groups excluding carboxylic acids is 2. The van der Waals surface area contributed by atoms with Crippen molar-refractivity contribution in [1.82, 2.24) is 5.43 Å². The van der Waals surface area contributed by atoms with Gasteiger partial charge in [0.15, 0.2) is 0 Å². The van der Waals surface area contributed by atoms with Crippen LogP contribution in [0, 0.1) is 0 Å². The minimum Gasteiger partial charge on any atom is -0.423 e. The van der Waals surface area contributed by atoms with Crippen molar-refractivity contribution in [2.45, 2.75) is 0 Å². The van der Waals surface area contributed by atoms with Gasteiger partial charge in [0, 0.05) is 9.50 Å². The van der Waals surface area contributed by atoms with Crippen LogP contribution in [-0.2, 0) is 0 Å². The minimum absolute atomic E-state index is 0.238. The molecule has 0 heterocycles. The molecule has 0 bridgehead atoms. The molecule has 0 radical (unpaired) electrons. The van der Waals surface area contributed by atoms with Crippen LogP contribution in [0.5, 0.6) is 5.75 Å². The Morgan fingerprint density at radius 2 is 1.66 bits per heavy atom. The predicted molar refractivity (Wildman–Crippen MR) is 117 cm³/mol. The van der Waals surface area contributed by atoms with Gasteiger partial charge < -0.3 is 4.74 Å². The highest BCUT2D eigenvalue weighted by Crippen LogP contribution is 2.21. The maximum absolute atomic E-state index is 12.1. The molecule has 29 heavy (non-hydrogen) atoms. The highest BCUT2D eigenvalue weighted by molar-refractivity contribution is 9.10. The number of hydrazone groups is 1. The second-order valence-corrected chi connectivity index (χ2v) is 7.55. The SMILES string of the molecule is O=C(Oc1ccc(/C=N\NC(=O)c2ccc(Cl)cc2Cl)cc1)c1ccc(Br)cc1. The third-order valence-electron chi connectivity index (χ3n) is 3.73. The molecule has 0 atom stereocenters. The van der Waals surface area contributed by atoms with Crippen molar-refractivity contribution in [3.8, 4) is 5.75 Å². The maximum atomic E-state index is 12.1. The van der Waals surface area contributed by atoms with Crippen molar-refractivity contribution < 1.29 is 14.3 Å². The van der Waals surface area contributed by atoms with Crippen molar-refractivity contribution >= 4 is 57.2 Å². The lowest BCUT2D eigenvalue weighted by Crippen LogP contribution is -2.18. The predicted octanol–water partition coefficient (Wildman–Crippen LogP) is 5.74. The summed E-state index contributed by atoms with van der Waals surface area (Å²) in [4.78, 5) is 24.2. The van der Waals surface area contributed by atoms with Crippen molar-refractivity contribution in [2.75, 3.05) is 0 Å². The van der Waals surface area contributed by atoms with E-state index in [1.165, 1.54) is 18.3 Å². The van der Waals surface area contributed by atoms with E-state index in [-0.39, 0.29) is 10.6 Å². The zero-order valence-corrected chi connectivity index (χ0v) is 17.8. The lowest BCUT2D eigenvalue weighted by Gasteiger charge is -2.05. The van der Waals surface area contributed by atoms with Gasteiger partial charge in [-0.3, -0.25) is 4.79 Å². The Hall–Kier alpha value is -2.67. The number of halogens is 3. The normalized spacial score (nSPS) is 10.7. The molecule has 5 nitrogen and oxygen atoms in total. The fraction of sp³-hybridized carbons (Fsp3) is 0. The molecule has 3 aromatic carbocycles. The first-order chi connectivity index (χ1) is 13.9. The van der Waals surface area contributed by atoms with E-state index in [0.717, 1.165) is 4.47 Å². The Kier molecular flexibility index (Phi) is 7.04. The Balaban J connectivity index is 1.57. The third kappa shape index (κ3) is 5.90. The number of hydrogen-bond acceptors (Lipinski definition) is 4. The van der Waals surface area contributed by atoms with Crippen LogP contribution >= 0.6 is 39.1 Å². The molecule has 1 N–H and O–H groups in total. The first-order valence-electron chi connectivity index (χ1n) is 8.28. The molecule has 146 valence electrons. The van der Waals surface area contributed by atoms with Crippen LogP contribution in [-0.4, -0.2) is 18.1 Å². The van der Waals surface area contributed by atoms with Gasteiger partial charge in [-0.25, -0.2) is 10.2 Å². The largest absolute Gasteiger partial charge is 0.423 e. The molecule has 0 aliphatic rings. The van der Waals surface area contributed by atoms with Crippen molar-refractivity contribution in [2.24, 2.45) is 5.10 Å². The van der Waals surface area contributed by atoms with E-state index in [9.17, 15) is 9.59 Å². The zero-order valence-electron chi connectivity index (χ0n) is 14.7. The number of ether oxygens (including phenoxy) is 1. The van der Waals surface area contributed by atoms with Crippen molar-refractivity contribution in [3.63, 3.8) is 0 Å². The number of carbonyl (C=O) groups is 2. The number of esters is 1. The summed E-state index contributed by atoms with van der Waals surface area (Å²) in [7, 11) is 0. The summed E-state index contributed by atoms with van der Waals surface area (Å²) in [5.41, 5.74) is 3.81. The summed E-state index contributed by atoms with van der Waals surface area (Å²) >= 11 is 15.1. The first-order valence-corrected chi connectivity index (χ1v) is 9.83. The smallest absolute Gasteiger partial charge is 0.343 e. The fourth-order valence-electron chi connectivity index (χ4n) is 2.27. The van der Waals surface area contributed by atoms with Gasteiger partial charge in [-0.05, 0) is 72.3 Å². The van der Waals surface area contributed by atoms with Gasteiger partial charge in [-0.2, -0.15) is 5.10 Å². The maximum Gasteiger partial charge on any atom is 0.343 e. The highest BCUT2D eigenvalue weighted by Gasteiger charge is 2.10. The standard InChI is InChI=1S/C21H13BrCl2N2O3/c22-15-5-3-14(4-6-15)21(28)29-17-8-1-13(2-9-17)12-25-26-20(27)18-10-7-16(23)11-19(18)24/h1-12H,(H,26,27)/b25-12-. The Morgan fingerprint density at radius 3 is 2.31 bits per heavy atom. The zero-order chi connectivity index (χ0) is 20.8. The van der Waals surface area contributed by atoms with E-state index in [2.05, 4.69) is 26.5 Å². The summed E-state index contributed by atoms with van der Waals surface area (Å²) in [6.07, 6.45) is 1.46. The second kappa shape index (κ2) is 9.69. The summed E-state index contributed by atoms with van der Waals surface area (Å²) < 4.78 is 6.20. The molecule has 0 saturated carbocycles. The molecule has 0 fully saturated rings. The number of nitrogens with zero attached hydrogens (tertiary/aromatic N) is 1. The second-order valence-electron chi connectivity index (χ2n) is 5.79. The molecule has 0 aliphatic carbocycles. The highest BCUT2D eigenvalue weighted by atomic mass is 79.9. The monoisotopic (exact) mass is 490 g/mol. The summed E-state index contributed by atoms with van der Waals surface area (Å²) in [5.74, 6) is -0.513. The van der Waals surface area contributed by atoms with Crippen LogP contribution < -0.4 is 10.2 Å². The Labute approximate surface area is 185 Å². The van der Waals surface area contributed by atoms with Crippen LogP contribution in [0.3, 0.4) is 0 Å². The van der Waals surface area contributed by atoms with Gasteiger partial charge in [-0.1, -0.05) is 39.1 Å². The van der Waals surface area contributed by atoms with Crippen molar-refractivity contribution in [3.05, 3.63) is 97.9 Å². The van der Waals surface area contributed by atoms with Crippen LogP contribution in [0.25, 0.3) is 0 Å². The molecule has 0 saturated heterocycles. The van der Waals surface area contributed by atoms with Crippen molar-refractivity contribution in [1.29, 1.82) is 0 Å². The molecular weight excluding hydrogens is 479 g/mol. The molecule has 1 amide bonds. The van der Waals surface area contributed by atoms with Crippen LogP contribution in [0.15, 0.2) is 76.3 Å². The average Bonchev–Trinajstić information content (AvgIpc) is 2.69. The quantitative estimate of drug-likeness (QED) is 0.214. The van der Waals surface area contributed by atoms with Crippen LogP contribution in [0.4, 0.5) is 0 Å². The lowest BCUT2D eigenvalue weighted by molar-refractivity contribution is 0.0734. The lowest BCUT2D eigenvalue weighted by atomic mass is 10.2. The summed E-state index contributed by atoms with van der Waals surface area (Å²) in [6.45, 7) is 0. The van der Waals surface area contributed by atoms with E-state index >= 15 is 0 Å². The van der Waals surface area contributed by atoms with E-state index < -0.39 is 11.9 Å². The third-order valence-corrected chi connectivity index (χ3v) is 4.80. The van der Waals surface area contributed by atoms with Gasteiger partial charge in [0.25, 0.3) is 5.91 Å². The van der Waals surface area contributed by atoms with E-state index in [4.69, 9.17) is 27.9 Å². The number of hydrogen-bond donors (Lipinski definition) is 1. The molecular formula is C21H13BrCl2N2O3. The van der Waals surface area contributed by atoms with E-state index in [1.54, 1.807) is 54.6 Å². The summed E-state index contributed by atoms with van der Waals surface area (Å²) in [6, 6.07) is 18.1. The topological polar surface area (TPSA) is 67.8 Å². The average molecular weight is 492 g/mol. The van der Waals surface area contributed by atoms with E-state index in [1.807, 2.05) is 0 Å². The van der Waals surface area contributed by atoms with E-state index in [0.29, 0.717) is 21.9 Å². The molecule has 8 heteroatoms. The molecule has 0 spiro atoms.